The Morgan fingerprint density at radius 2 is 1.85 bits per heavy atom. The highest BCUT2D eigenvalue weighted by Crippen LogP contribution is 2.27. The monoisotopic (exact) mass is 177 g/mol. The molecule has 0 N–H and O–H groups in total. The summed E-state index contributed by atoms with van der Waals surface area (Å²) in [6.45, 7) is 7.71. The third-order valence-electron chi connectivity index (χ3n) is 2.27. The first kappa shape index (κ1) is 9.90. The Morgan fingerprint density at radius 1 is 1.23 bits per heavy atom. The van der Waals surface area contributed by atoms with Gasteiger partial charge in [-0.15, -0.1) is 4.91 Å². The maximum atomic E-state index is 10.6. The fraction of sp³-hybridized carbons (Fsp3) is 0.455. The second-order valence-electron chi connectivity index (χ2n) is 3.97. The minimum atomic E-state index is -0.613. The first-order valence-electron chi connectivity index (χ1n) is 4.39. The van der Waals surface area contributed by atoms with E-state index in [1.165, 1.54) is 5.56 Å². The Labute approximate surface area is 79.0 Å². The van der Waals surface area contributed by atoms with Gasteiger partial charge in [0.05, 0.1) is 0 Å². The predicted octanol–water partition coefficient (Wildman–Crippen LogP) is 3.30. The molecular formula is C11H15NO. The lowest BCUT2D eigenvalue weighted by Gasteiger charge is -2.18. The molecule has 70 valence electrons. The van der Waals surface area contributed by atoms with Crippen molar-refractivity contribution in [2.75, 3.05) is 0 Å². The van der Waals surface area contributed by atoms with Crippen LogP contribution in [-0.2, 0) is 5.54 Å². The number of benzene rings is 1. The maximum Gasteiger partial charge on any atom is 0.122 e. The summed E-state index contributed by atoms with van der Waals surface area (Å²) >= 11 is 0. The zero-order valence-corrected chi connectivity index (χ0v) is 8.59. The molecule has 1 rings (SSSR count). The number of nitrogens with zero attached hydrogens (tertiary/aromatic N) is 1. The quantitative estimate of drug-likeness (QED) is 0.637. The van der Waals surface area contributed by atoms with E-state index in [2.05, 4.69) is 11.2 Å². The normalized spacial score (nSPS) is 11.4. The van der Waals surface area contributed by atoms with Gasteiger partial charge in [-0.2, -0.15) is 0 Å². The van der Waals surface area contributed by atoms with Crippen LogP contribution in [-0.4, -0.2) is 0 Å². The molecule has 0 unspecified atom stereocenters. The number of aryl methyl sites for hydroxylation is 2. The Morgan fingerprint density at radius 3 is 2.31 bits per heavy atom. The van der Waals surface area contributed by atoms with Crippen LogP contribution in [0.15, 0.2) is 23.4 Å². The van der Waals surface area contributed by atoms with Crippen LogP contribution in [0.4, 0.5) is 0 Å². The van der Waals surface area contributed by atoms with E-state index in [1.807, 2.05) is 39.8 Å². The van der Waals surface area contributed by atoms with Gasteiger partial charge in [-0.1, -0.05) is 28.9 Å². The molecule has 1 aromatic rings. The largest absolute Gasteiger partial charge is 0.150 e. The van der Waals surface area contributed by atoms with Gasteiger partial charge in [0.15, 0.2) is 0 Å². The molecule has 0 saturated heterocycles. The minimum Gasteiger partial charge on any atom is -0.150 e. The predicted molar refractivity (Wildman–Crippen MR) is 54.7 cm³/mol. The lowest BCUT2D eigenvalue weighted by Crippen LogP contribution is -2.14. The van der Waals surface area contributed by atoms with Gasteiger partial charge in [0.25, 0.3) is 0 Å². The van der Waals surface area contributed by atoms with Gasteiger partial charge in [0.2, 0.25) is 0 Å². The topological polar surface area (TPSA) is 29.4 Å². The van der Waals surface area contributed by atoms with E-state index in [-0.39, 0.29) is 0 Å². The van der Waals surface area contributed by atoms with Crippen molar-refractivity contribution in [2.45, 2.75) is 33.2 Å². The number of rotatable bonds is 2. The van der Waals surface area contributed by atoms with E-state index >= 15 is 0 Å². The van der Waals surface area contributed by atoms with Crippen LogP contribution in [0.1, 0.15) is 30.5 Å². The Balaban J connectivity index is 3.23. The summed E-state index contributed by atoms with van der Waals surface area (Å²) in [6.07, 6.45) is 0. The van der Waals surface area contributed by atoms with Crippen molar-refractivity contribution in [1.82, 2.24) is 0 Å². The fourth-order valence-electron chi connectivity index (χ4n) is 1.55. The van der Waals surface area contributed by atoms with Crippen LogP contribution in [0, 0.1) is 18.8 Å². The van der Waals surface area contributed by atoms with Crippen molar-refractivity contribution in [3.63, 3.8) is 0 Å². The third-order valence-corrected chi connectivity index (χ3v) is 2.27. The standard InChI is InChI=1S/C11H15NO/c1-8-5-6-10(9(2)7-8)11(3,4)12-13/h5-7H,1-4H3. The summed E-state index contributed by atoms with van der Waals surface area (Å²) in [4.78, 5) is 10.6. The molecule has 2 heteroatoms. The summed E-state index contributed by atoms with van der Waals surface area (Å²) < 4.78 is 0. The second kappa shape index (κ2) is 3.29. The number of hydrogen-bond donors (Lipinski definition) is 0. The highest BCUT2D eigenvalue weighted by molar-refractivity contribution is 5.35. The highest BCUT2D eigenvalue weighted by atomic mass is 16.3. The Kier molecular flexibility index (Phi) is 2.50. The molecule has 0 fully saturated rings. The van der Waals surface area contributed by atoms with Crippen LogP contribution in [0.3, 0.4) is 0 Å². The average Bonchev–Trinajstić information content (AvgIpc) is 2.03. The molecule has 0 saturated carbocycles. The first-order valence-corrected chi connectivity index (χ1v) is 4.39. The van der Waals surface area contributed by atoms with E-state index in [4.69, 9.17) is 0 Å². The zero-order chi connectivity index (χ0) is 10.1. The lowest BCUT2D eigenvalue weighted by atomic mass is 9.90. The van der Waals surface area contributed by atoms with Gasteiger partial charge in [0, 0.05) is 0 Å². The Hall–Kier alpha value is -1.18. The molecule has 0 radical (unpaired) electrons. The van der Waals surface area contributed by atoms with E-state index in [1.54, 1.807) is 0 Å². The average molecular weight is 177 g/mol. The van der Waals surface area contributed by atoms with Crippen LogP contribution >= 0.6 is 0 Å². The number of nitroso groups, excluding NO2 is 1. The SMILES string of the molecule is Cc1ccc(C(C)(C)N=O)c(C)c1. The van der Waals surface area contributed by atoms with Crippen molar-refractivity contribution in [3.8, 4) is 0 Å². The highest BCUT2D eigenvalue weighted by Gasteiger charge is 2.22. The molecule has 0 bridgehead atoms. The van der Waals surface area contributed by atoms with Crippen molar-refractivity contribution >= 4 is 0 Å². The molecule has 0 aromatic heterocycles. The zero-order valence-electron chi connectivity index (χ0n) is 8.59. The molecule has 0 aliphatic heterocycles. The van der Waals surface area contributed by atoms with Crippen LogP contribution in [0.25, 0.3) is 0 Å². The first-order chi connectivity index (χ1) is 5.97. The van der Waals surface area contributed by atoms with Gasteiger partial charge in [-0.25, -0.2) is 0 Å². The minimum absolute atomic E-state index is 0.613. The molecular weight excluding hydrogens is 162 g/mol. The molecule has 0 aliphatic carbocycles. The number of hydrogen-bond acceptors (Lipinski definition) is 2. The molecule has 0 heterocycles. The van der Waals surface area contributed by atoms with Crippen molar-refractivity contribution in [1.29, 1.82) is 0 Å². The maximum absolute atomic E-state index is 10.6. The van der Waals surface area contributed by atoms with Gasteiger partial charge in [0.1, 0.15) is 5.54 Å². The van der Waals surface area contributed by atoms with Crippen LogP contribution < -0.4 is 0 Å². The molecule has 0 aliphatic rings. The van der Waals surface area contributed by atoms with E-state index in [0.717, 1.165) is 11.1 Å². The van der Waals surface area contributed by atoms with Crippen molar-refractivity contribution in [2.24, 2.45) is 5.18 Å². The van der Waals surface area contributed by atoms with Crippen molar-refractivity contribution in [3.05, 3.63) is 39.8 Å². The summed E-state index contributed by atoms with van der Waals surface area (Å²) in [6, 6.07) is 6.06. The smallest absolute Gasteiger partial charge is 0.122 e. The summed E-state index contributed by atoms with van der Waals surface area (Å²) in [7, 11) is 0. The van der Waals surface area contributed by atoms with Crippen molar-refractivity contribution < 1.29 is 0 Å². The third kappa shape index (κ3) is 1.94. The van der Waals surface area contributed by atoms with Gasteiger partial charge >= 0.3 is 0 Å². The van der Waals surface area contributed by atoms with E-state index in [9.17, 15) is 4.91 Å². The lowest BCUT2D eigenvalue weighted by molar-refractivity contribution is 0.549. The molecule has 0 atom stereocenters. The van der Waals surface area contributed by atoms with Gasteiger partial charge in [-0.3, -0.25) is 0 Å². The molecule has 1 aromatic carbocycles. The van der Waals surface area contributed by atoms with Crippen LogP contribution in [0.2, 0.25) is 0 Å². The molecule has 2 nitrogen and oxygen atoms in total. The van der Waals surface area contributed by atoms with Gasteiger partial charge in [-0.05, 0) is 38.8 Å². The van der Waals surface area contributed by atoms with E-state index in [0.29, 0.717) is 0 Å². The van der Waals surface area contributed by atoms with Gasteiger partial charge < -0.3 is 0 Å². The Bertz CT molecular complexity index is 329. The van der Waals surface area contributed by atoms with E-state index < -0.39 is 5.54 Å². The summed E-state index contributed by atoms with van der Waals surface area (Å²) in [5.74, 6) is 0. The molecule has 0 amide bonds. The molecule has 0 spiro atoms. The van der Waals surface area contributed by atoms with Crippen LogP contribution in [0.5, 0.6) is 0 Å². The second-order valence-corrected chi connectivity index (χ2v) is 3.97. The summed E-state index contributed by atoms with van der Waals surface area (Å²) in [5, 5.41) is 3.13. The summed E-state index contributed by atoms with van der Waals surface area (Å²) in [5.41, 5.74) is 2.73. The molecule has 13 heavy (non-hydrogen) atoms. The fourth-order valence-corrected chi connectivity index (χ4v) is 1.55.